The molecule has 4 heteroatoms. The minimum atomic E-state index is 0.661. The lowest BCUT2D eigenvalue weighted by Crippen LogP contribution is -1.93. The van der Waals surface area contributed by atoms with E-state index < -0.39 is 0 Å². The van der Waals surface area contributed by atoms with E-state index in [0.717, 1.165) is 21.8 Å². The topological polar surface area (TPSA) is 69.3 Å². The largest absolute Gasteiger partial charge is 0.399 e. The number of pyridine rings is 1. The molecule has 0 spiro atoms. The Hall–Kier alpha value is -2.80. The normalized spacial score (nSPS) is 10.6. The van der Waals surface area contributed by atoms with Crippen molar-refractivity contribution in [2.24, 2.45) is 0 Å². The second kappa shape index (κ2) is 3.60. The van der Waals surface area contributed by atoms with Crippen molar-refractivity contribution < 1.29 is 0 Å². The van der Waals surface area contributed by atoms with Gasteiger partial charge in [-0.25, -0.2) is 4.98 Å². The molecular formula is C14H11N4+. The van der Waals surface area contributed by atoms with Crippen molar-refractivity contribution in [2.75, 3.05) is 11.5 Å². The predicted molar refractivity (Wildman–Crippen MR) is 76.0 cm³/mol. The summed E-state index contributed by atoms with van der Waals surface area (Å²) < 4.78 is 0. The molecule has 1 heterocycles. The lowest BCUT2D eigenvalue weighted by atomic mass is 10.1. The van der Waals surface area contributed by atoms with Crippen LogP contribution in [0.1, 0.15) is 0 Å². The number of nitrogens with two attached hydrogens (primary N) is 2. The standard InChI is InChI=1S/C14H11N4/c1-17-9-3-5-11-13(7-9)18-12-6-8(15)2-4-10(12)14(11)16/h1-7H,15H2,(H2,16,18)/q+1. The van der Waals surface area contributed by atoms with E-state index in [4.69, 9.17) is 18.0 Å². The van der Waals surface area contributed by atoms with Crippen LogP contribution in [-0.2, 0) is 0 Å². The van der Waals surface area contributed by atoms with E-state index in [1.807, 2.05) is 24.3 Å². The third kappa shape index (κ3) is 1.42. The molecule has 0 unspecified atom stereocenters. The van der Waals surface area contributed by atoms with Crippen LogP contribution < -0.4 is 11.5 Å². The van der Waals surface area contributed by atoms with Gasteiger partial charge in [-0.2, -0.15) is 0 Å². The maximum atomic E-state index is 6.15. The van der Waals surface area contributed by atoms with E-state index in [-0.39, 0.29) is 0 Å². The molecule has 2 aromatic carbocycles. The van der Waals surface area contributed by atoms with Crippen LogP contribution in [0.3, 0.4) is 0 Å². The predicted octanol–water partition coefficient (Wildman–Crippen LogP) is 3.15. The van der Waals surface area contributed by atoms with Gasteiger partial charge in [0.2, 0.25) is 0 Å². The zero-order valence-electron chi connectivity index (χ0n) is 9.59. The number of nitrogen functional groups attached to an aromatic ring is 2. The van der Waals surface area contributed by atoms with E-state index in [9.17, 15) is 0 Å². The molecule has 0 aliphatic heterocycles. The first-order chi connectivity index (χ1) is 8.69. The molecular weight excluding hydrogens is 224 g/mol. The first-order valence-corrected chi connectivity index (χ1v) is 5.48. The van der Waals surface area contributed by atoms with Gasteiger partial charge < -0.3 is 11.5 Å². The van der Waals surface area contributed by atoms with Crippen molar-refractivity contribution >= 4 is 38.9 Å². The summed E-state index contributed by atoms with van der Waals surface area (Å²) in [6.45, 7) is 5.26. The monoisotopic (exact) mass is 235 g/mol. The summed E-state index contributed by atoms with van der Waals surface area (Å²) in [6, 6.07) is 11.0. The Labute approximate surface area is 104 Å². The van der Waals surface area contributed by atoms with Crippen LogP contribution in [0.25, 0.3) is 26.7 Å². The molecule has 0 radical (unpaired) electrons. The molecule has 0 amide bonds. The highest BCUT2D eigenvalue weighted by Crippen LogP contribution is 2.31. The number of aromatic nitrogens is 1. The summed E-state index contributed by atoms with van der Waals surface area (Å²) in [5.74, 6) is 0. The van der Waals surface area contributed by atoms with Gasteiger partial charge >= 0.3 is 5.69 Å². The maximum absolute atomic E-state index is 6.15. The third-order valence-corrected chi connectivity index (χ3v) is 2.97. The van der Waals surface area contributed by atoms with Gasteiger partial charge in [-0.1, -0.05) is 0 Å². The van der Waals surface area contributed by atoms with Crippen LogP contribution in [0.5, 0.6) is 0 Å². The van der Waals surface area contributed by atoms with Gasteiger partial charge in [0.05, 0.1) is 22.8 Å². The van der Waals surface area contributed by atoms with Crippen molar-refractivity contribution in [2.45, 2.75) is 0 Å². The van der Waals surface area contributed by atoms with Crippen LogP contribution >= 0.6 is 0 Å². The van der Waals surface area contributed by atoms with Crippen LogP contribution in [0.15, 0.2) is 36.4 Å². The van der Waals surface area contributed by atoms with Crippen molar-refractivity contribution in [3.63, 3.8) is 0 Å². The molecule has 0 saturated heterocycles. The zero-order valence-corrected chi connectivity index (χ0v) is 9.59. The highest BCUT2D eigenvalue weighted by Gasteiger charge is 2.09. The number of hydrogen-bond acceptors (Lipinski definition) is 3. The molecule has 0 bridgehead atoms. The second-order valence-corrected chi connectivity index (χ2v) is 4.13. The molecule has 0 saturated carbocycles. The Balaban J connectivity index is 2.49. The van der Waals surface area contributed by atoms with Crippen molar-refractivity contribution in [3.05, 3.63) is 41.2 Å². The molecule has 3 aromatic rings. The lowest BCUT2D eigenvalue weighted by molar-refractivity contribution is 1.50. The SMILES string of the molecule is C#[N+]c1ccc2c(N)c3ccc(N)cc3nc2c1. The molecule has 4 nitrogen and oxygen atoms in total. The summed E-state index contributed by atoms with van der Waals surface area (Å²) in [4.78, 5) is 8.17. The van der Waals surface area contributed by atoms with E-state index in [0.29, 0.717) is 17.1 Å². The summed E-state index contributed by atoms with van der Waals surface area (Å²) in [7, 11) is 0. The molecule has 0 atom stereocenters. The molecule has 18 heavy (non-hydrogen) atoms. The highest BCUT2D eigenvalue weighted by atomic mass is 14.7. The van der Waals surface area contributed by atoms with Gasteiger partial charge in [-0.05, 0) is 29.1 Å². The van der Waals surface area contributed by atoms with Crippen LogP contribution in [-0.4, -0.2) is 4.98 Å². The van der Waals surface area contributed by atoms with Crippen LogP contribution in [0.4, 0.5) is 17.1 Å². The van der Waals surface area contributed by atoms with Crippen molar-refractivity contribution in [1.82, 2.24) is 4.98 Å². The molecule has 86 valence electrons. The fourth-order valence-corrected chi connectivity index (χ4v) is 2.06. The van der Waals surface area contributed by atoms with Crippen LogP contribution in [0, 0.1) is 6.57 Å². The van der Waals surface area contributed by atoms with Crippen LogP contribution in [0.2, 0.25) is 0 Å². The molecule has 3 rings (SSSR count). The number of hydrogen-bond donors (Lipinski definition) is 2. The van der Waals surface area contributed by atoms with Gasteiger partial charge in [0.15, 0.2) is 0 Å². The fourth-order valence-electron chi connectivity index (χ4n) is 2.06. The number of fused-ring (bicyclic) bond motifs is 2. The minimum absolute atomic E-state index is 0.661. The van der Waals surface area contributed by atoms with Crippen molar-refractivity contribution in [3.8, 4) is 6.57 Å². The van der Waals surface area contributed by atoms with Crippen molar-refractivity contribution in [1.29, 1.82) is 0 Å². The van der Waals surface area contributed by atoms with Gasteiger partial charge in [0.1, 0.15) is 0 Å². The number of nitrogens with zero attached hydrogens (tertiary/aromatic N) is 2. The number of anilines is 2. The Bertz CT molecular complexity index is 815. The molecule has 0 fully saturated rings. The number of benzene rings is 2. The molecule has 0 aliphatic rings. The average Bonchev–Trinajstić information content (AvgIpc) is 2.38. The van der Waals surface area contributed by atoms with E-state index in [1.165, 1.54) is 0 Å². The highest BCUT2D eigenvalue weighted by molar-refractivity contribution is 6.07. The van der Waals surface area contributed by atoms with E-state index >= 15 is 0 Å². The Morgan fingerprint density at radius 3 is 2.33 bits per heavy atom. The second-order valence-electron chi connectivity index (χ2n) is 4.13. The average molecular weight is 235 g/mol. The molecule has 0 aliphatic carbocycles. The summed E-state index contributed by atoms with van der Waals surface area (Å²) in [5.41, 5.74) is 15.5. The first kappa shape index (κ1) is 10.4. The van der Waals surface area contributed by atoms with Gasteiger partial charge in [-0.3, -0.25) is 0 Å². The summed E-state index contributed by atoms with van der Waals surface area (Å²) in [5, 5.41) is 1.79. The smallest absolute Gasteiger partial charge is 0.342 e. The lowest BCUT2D eigenvalue weighted by Gasteiger charge is -2.06. The van der Waals surface area contributed by atoms with E-state index in [2.05, 4.69) is 9.83 Å². The number of rotatable bonds is 0. The quantitative estimate of drug-likeness (QED) is 0.464. The zero-order chi connectivity index (χ0) is 12.7. The molecule has 4 N–H and O–H groups in total. The summed E-state index contributed by atoms with van der Waals surface area (Å²) in [6.07, 6.45) is 0. The maximum Gasteiger partial charge on any atom is 0.342 e. The molecule has 1 aromatic heterocycles. The first-order valence-electron chi connectivity index (χ1n) is 5.48. The van der Waals surface area contributed by atoms with Gasteiger partial charge in [0, 0.05) is 22.5 Å². The Kier molecular flexibility index (Phi) is 2.07. The minimum Gasteiger partial charge on any atom is -0.399 e. The van der Waals surface area contributed by atoms with Gasteiger partial charge in [0.25, 0.3) is 6.57 Å². The Morgan fingerprint density at radius 1 is 0.944 bits per heavy atom. The van der Waals surface area contributed by atoms with Gasteiger partial charge in [-0.15, -0.1) is 0 Å². The third-order valence-electron chi connectivity index (χ3n) is 2.97. The fraction of sp³-hybridized carbons (Fsp3) is 0. The van der Waals surface area contributed by atoms with E-state index in [1.54, 1.807) is 12.1 Å². The summed E-state index contributed by atoms with van der Waals surface area (Å²) >= 11 is 0. The Morgan fingerprint density at radius 2 is 1.61 bits per heavy atom.